The maximum absolute atomic E-state index is 9.16. The summed E-state index contributed by atoms with van der Waals surface area (Å²) in [5.74, 6) is 0.764. The zero-order valence-electron chi connectivity index (χ0n) is 8.28. The quantitative estimate of drug-likeness (QED) is 0.664. The Morgan fingerprint density at radius 2 is 1.94 bits per heavy atom. The van der Waals surface area contributed by atoms with E-state index in [1.807, 2.05) is 24.3 Å². The fourth-order valence-corrected chi connectivity index (χ4v) is 1.54. The molecule has 3 rings (SSSR count). The van der Waals surface area contributed by atoms with Gasteiger partial charge >= 0.3 is 0 Å². The van der Waals surface area contributed by atoms with Crippen LogP contribution in [0.2, 0.25) is 0 Å². The molecule has 2 heterocycles. The topological polar surface area (TPSA) is 63.8 Å². The third-order valence-electron chi connectivity index (χ3n) is 2.30. The summed E-state index contributed by atoms with van der Waals surface area (Å²) >= 11 is 0. The zero-order valence-corrected chi connectivity index (χ0v) is 8.28. The van der Waals surface area contributed by atoms with Crippen LogP contribution < -0.4 is 0 Å². The average Bonchev–Trinajstić information content (AvgIpc) is 2.74. The predicted octanol–water partition coefficient (Wildman–Crippen LogP) is 1.52. The minimum Gasteiger partial charge on any atom is -0.506 e. The molecule has 0 saturated carbocycles. The van der Waals surface area contributed by atoms with Crippen LogP contribution >= 0.6 is 0 Å². The highest BCUT2D eigenvalue weighted by Gasteiger charge is 2.05. The summed E-state index contributed by atoms with van der Waals surface area (Å²) in [6.07, 6.45) is 1.38. The van der Waals surface area contributed by atoms with Gasteiger partial charge in [-0.05, 0) is 24.3 Å². The number of aromatic nitrogens is 4. The largest absolute Gasteiger partial charge is 0.506 e. The Labute approximate surface area is 91.0 Å². The molecule has 2 aromatic heterocycles. The van der Waals surface area contributed by atoms with Crippen molar-refractivity contribution in [2.45, 2.75) is 0 Å². The van der Waals surface area contributed by atoms with E-state index in [-0.39, 0.29) is 5.75 Å². The maximum Gasteiger partial charge on any atom is 0.156 e. The first-order chi connectivity index (χ1) is 7.84. The minimum absolute atomic E-state index is 0.133. The molecule has 5 heteroatoms. The molecule has 0 saturated heterocycles. The molecule has 0 unspecified atom stereocenters. The Balaban J connectivity index is 2.22. The predicted molar refractivity (Wildman–Crippen MR) is 58.3 cm³/mol. The third-order valence-corrected chi connectivity index (χ3v) is 2.30. The summed E-state index contributed by atoms with van der Waals surface area (Å²) in [6.45, 7) is 0. The third kappa shape index (κ3) is 1.30. The smallest absolute Gasteiger partial charge is 0.156 e. The molecule has 5 nitrogen and oxygen atoms in total. The van der Waals surface area contributed by atoms with Crippen LogP contribution in [0.4, 0.5) is 0 Å². The number of rotatable bonds is 1. The van der Waals surface area contributed by atoms with Crippen molar-refractivity contribution >= 4 is 11.0 Å². The van der Waals surface area contributed by atoms with Crippen LogP contribution in [0.1, 0.15) is 0 Å². The van der Waals surface area contributed by atoms with Crippen molar-refractivity contribution in [2.75, 3.05) is 0 Å². The molecule has 0 fully saturated rings. The van der Waals surface area contributed by atoms with Gasteiger partial charge < -0.3 is 5.11 Å². The first-order valence-electron chi connectivity index (χ1n) is 4.80. The van der Waals surface area contributed by atoms with Gasteiger partial charge in [-0.2, -0.15) is 4.68 Å². The molecule has 16 heavy (non-hydrogen) atoms. The van der Waals surface area contributed by atoms with Crippen LogP contribution in [0, 0.1) is 0 Å². The van der Waals surface area contributed by atoms with E-state index in [0.29, 0.717) is 5.82 Å². The van der Waals surface area contributed by atoms with E-state index in [4.69, 9.17) is 5.11 Å². The summed E-state index contributed by atoms with van der Waals surface area (Å²) < 4.78 is 1.63. The molecule has 1 aromatic carbocycles. The van der Waals surface area contributed by atoms with Gasteiger partial charge in [-0.1, -0.05) is 17.3 Å². The number of pyridine rings is 1. The van der Waals surface area contributed by atoms with Gasteiger partial charge in [-0.3, -0.25) is 0 Å². The number of hydrogen-bond donors (Lipinski definition) is 1. The van der Waals surface area contributed by atoms with Gasteiger partial charge in [0.2, 0.25) is 0 Å². The average molecular weight is 212 g/mol. The summed E-state index contributed by atoms with van der Waals surface area (Å²) in [5.41, 5.74) is 1.71. The van der Waals surface area contributed by atoms with Gasteiger partial charge in [0.15, 0.2) is 5.82 Å². The number of aromatic hydroxyl groups is 1. The second-order valence-electron chi connectivity index (χ2n) is 3.36. The van der Waals surface area contributed by atoms with Gasteiger partial charge in [0.05, 0.1) is 11.7 Å². The van der Waals surface area contributed by atoms with Crippen LogP contribution in [0.15, 0.2) is 42.6 Å². The SMILES string of the molecule is Oc1ccc(-n2nnc3ccccc32)nc1. The van der Waals surface area contributed by atoms with E-state index in [1.54, 1.807) is 16.8 Å². The minimum atomic E-state index is 0.133. The Kier molecular flexibility index (Phi) is 1.83. The molecular weight excluding hydrogens is 204 g/mol. The molecule has 1 N–H and O–H groups in total. The maximum atomic E-state index is 9.16. The summed E-state index contributed by atoms with van der Waals surface area (Å²) in [5, 5.41) is 17.2. The highest BCUT2D eigenvalue weighted by atomic mass is 16.3. The molecule has 78 valence electrons. The summed E-state index contributed by atoms with van der Waals surface area (Å²) in [4.78, 5) is 4.08. The fraction of sp³-hybridized carbons (Fsp3) is 0. The highest BCUT2D eigenvalue weighted by molar-refractivity contribution is 5.75. The van der Waals surface area contributed by atoms with Gasteiger partial charge in [0.25, 0.3) is 0 Å². The van der Waals surface area contributed by atoms with Gasteiger partial charge in [0, 0.05) is 0 Å². The van der Waals surface area contributed by atoms with E-state index < -0.39 is 0 Å². The lowest BCUT2D eigenvalue weighted by Crippen LogP contribution is -1.98. The molecule has 3 aromatic rings. The molecule has 0 aliphatic carbocycles. The van der Waals surface area contributed by atoms with Crippen molar-refractivity contribution in [1.82, 2.24) is 20.0 Å². The number of hydrogen-bond acceptors (Lipinski definition) is 4. The highest BCUT2D eigenvalue weighted by Crippen LogP contribution is 2.15. The summed E-state index contributed by atoms with van der Waals surface area (Å²) in [7, 11) is 0. The van der Waals surface area contributed by atoms with Crippen LogP contribution in [0.3, 0.4) is 0 Å². The number of fused-ring (bicyclic) bond motifs is 1. The first kappa shape index (κ1) is 8.84. The number of nitrogens with zero attached hydrogens (tertiary/aromatic N) is 4. The van der Waals surface area contributed by atoms with Gasteiger partial charge in [0.1, 0.15) is 11.3 Å². The van der Waals surface area contributed by atoms with Crippen molar-refractivity contribution in [3.8, 4) is 11.6 Å². The Morgan fingerprint density at radius 1 is 1.06 bits per heavy atom. The molecule has 0 bridgehead atoms. The Hall–Kier alpha value is -2.43. The van der Waals surface area contributed by atoms with Crippen LogP contribution in [-0.4, -0.2) is 25.1 Å². The van der Waals surface area contributed by atoms with E-state index in [2.05, 4.69) is 15.3 Å². The fourth-order valence-electron chi connectivity index (χ4n) is 1.54. The molecule has 0 radical (unpaired) electrons. The van der Waals surface area contributed by atoms with Crippen LogP contribution in [-0.2, 0) is 0 Å². The number of benzene rings is 1. The standard InChI is InChI=1S/C11H8N4O/c16-8-5-6-11(12-7-8)15-10-4-2-1-3-9(10)13-14-15/h1-7,16H. The molecule has 0 atom stereocenters. The van der Waals surface area contributed by atoms with Gasteiger partial charge in [-0.15, -0.1) is 5.10 Å². The monoisotopic (exact) mass is 212 g/mol. The normalized spacial score (nSPS) is 10.8. The second kappa shape index (κ2) is 3.30. The Bertz CT molecular complexity index is 630. The first-order valence-corrected chi connectivity index (χ1v) is 4.80. The van der Waals surface area contributed by atoms with E-state index >= 15 is 0 Å². The van der Waals surface area contributed by atoms with Crippen LogP contribution in [0.5, 0.6) is 5.75 Å². The molecule has 0 aliphatic rings. The number of para-hydroxylation sites is 1. The molecular formula is C11H8N4O. The lowest BCUT2D eigenvalue weighted by Gasteiger charge is -2.00. The van der Waals surface area contributed by atoms with E-state index in [1.165, 1.54) is 6.20 Å². The van der Waals surface area contributed by atoms with Crippen LogP contribution in [0.25, 0.3) is 16.9 Å². The van der Waals surface area contributed by atoms with Crippen molar-refractivity contribution in [3.05, 3.63) is 42.6 Å². The Morgan fingerprint density at radius 3 is 2.75 bits per heavy atom. The molecule has 0 aliphatic heterocycles. The van der Waals surface area contributed by atoms with Crippen molar-refractivity contribution in [1.29, 1.82) is 0 Å². The second-order valence-corrected chi connectivity index (χ2v) is 3.36. The van der Waals surface area contributed by atoms with E-state index in [9.17, 15) is 0 Å². The molecule has 0 amide bonds. The van der Waals surface area contributed by atoms with Gasteiger partial charge in [-0.25, -0.2) is 4.98 Å². The van der Waals surface area contributed by atoms with Crippen molar-refractivity contribution < 1.29 is 5.11 Å². The van der Waals surface area contributed by atoms with Crippen molar-refractivity contribution in [2.24, 2.45) is 0 Å². The van der Waals surface area contributed by atoms with E-state index in [0.717, 1.165) is 11.0 Å². The lowest BCUT2D eigenvalue weighted by atomic mass is 10.3. The zero-order chi connectivity index (χ0) is 11.0. The molecule has 0 spiro atoms. The lowest BCUT2D eigenvalue weighted by molar-refractivity contribution is 0.472. The summed E-state index contributed by atoms with van der Waals surface area (Å²) in [6, 6.07) is 10.9. The van der Waals surface area contributed by atoms with Crippen molar-refractivity contribution in [3.63, 3.8) is 0 Å².